The van der Waals surface area contributed by atoms with Crippen molar-refractivity contribution in [1.29, 1.82) is 0 Å². The molecule has 5 nitrogen and oxygen atoms in total. The van der Waals surface area contributed by atoms with Gasteiger partial charge < -0.3 is 14.6 Å². The number of hydrogen-bond donors (Lipinski definition) is 1. The predicted molar refractivity (Wildman–Crippen MR) is 76.9 cm³/mol. The second-order valence-electron chi connectivity index (χ2n) is 4.73. The molecule has 21 heavy (non-hydrogen) atoms. The van der Waals surface area contributed by atoms with Crippen LogP contribution >= 0.6 is 11.6 Å². The number of benzene rings is 1. The lowest BCUT2D eigenvalue weighted by Crippen LogP contribution is -2.52. The van der Waals surface area contributed by atoms with Crippen LogP contribution in [0.25, 0.3) is 0 Å². The van der Waals surface area contributed by atoms with Gasteiger partial charge in [0, 0.05) is 23.7 Å². The van der Waals surface area contributed by atoms with Crippen LogP contribution in [0.1, 0.15) is 22.0 Å². The quantitative estimate of drug-likeness (QED) is 0.925. The van der Waals surface area contributed by atoms with Crippen LogP contribution in [0.2, 0.25) is 5.02 Å². The van der Waals surface area contributed by atoms with Crippen LogP contribution in [0.15, 0.2) is 47.3 Å². The Labute approximate surface area is 126 Å². The van der Waals surface area contributed by atoms with E-state index in [4.69, 9.17) is 16.0 Å². The molecule has 3 rings (SSSR count). The van der Waals surface area contributed by atoms with Crippen molar-refractivity contribution in [3.8, 4) is 0 Å². The Balaban J connectivity index is 1.99. The van der Waals surface area contributed by atoms with Gasteiger partial charge in [0.15, 0.2) is 0 Å². The summed E-state index contributed by atoms with van der Waals surface area (Å²) in [6.45, 7) is 0.842. The number of halogens is 1. The number of carbonyl (C=O) groups is 2. The first-order valence-corrected chi connectivity index (χ1v) is 6.91. The van der Waals surface area contributed by atoms with Crippen molar-refractivity contribution in [3.63, 3.8) is 0 Å². The number of hydrogen-bond acceptors (Lipinski definition) is 3. The second kappa shape index (κ2) is 5.61. The van der Waals surface area contributed by atoms with E-state index < -0.39 is 6.04 Å². The highest BCUT2D eigenvalue weighted by Gasteiger charge is 2.36. The molecule has 0 radical (unpaired) electrons. The molecule has 0 bridgehead atoms. The number of carbonyl (C=O) groups excluding carboxylic acids is 2. The molecule has 1 N–H and O–H groups in total. The smallest absolute Gasteiger partial charge is 0.258 e. The Morgan fingerprint density at radius 2 is 2.14 bits per heavy atom. The first-order valence-electron chi connectivity index (χ1n) is 6.54. The lowest BCUT2D eigenvalue weighted by atomic mass is 10.0. The summed E-state index contributed by atoms with van der Waals surface area (Å²) >= 11 is 6.18. The minimum Gasteiger partial charge on any atom is -0.472 e. The molecule has 1 aliphatic rings. The molecule has 0 spiro atoms. The van der Waals surface area contributed by atoms with E-state index in [2.05, 4.69) is 5.32 Å². The Morgan fingerprint density at radius 1 is 1.33 bits per heavy atom. The van der Waals surface area contributed by atoms with Gasteiger partial charge in [-0.15, -0.1) is 0 Å². The van der Waals surface area contributed by atoms with E-state index in [1.807, 2.05) is 0 Å². The van der Waals surface area contributed by atoms with E-state index in [-0.39, 0.29) is 11.8 Å². The standard InChI is InChI=1S/C15H13ClN2O3/c16-12-4-2-1-3-11(12)13-14(19)17-6-7-18(13)15(20)10-5-8-21-9-10/h1-5,8-9,13H,6-7H2,(H,17,19). The number of rotatable bonds is 2. The van der Waals surface area contributed by atoms with Crippen molar-refractivity contribution in [2.24, 2.45) is 0 Å². The van der Waals surface area contributed by atoms with Crippen molar-refractivity contribution in [2.45, 2.75) is 6.04 Å². The summed E-state index contributed by atoms with van der Waals surface area (Å²) in [7, 11) is 0. The Bertz CT molecular complexity index is 669. The summed E-state index contributed by atoms with van der Waals surface area (Å²) in [6.07, 6.45) is 2.81. The zero-order valence-corrected chi connectivity index (χ0v) is 11.8. The van der Waals surface area contributed by atoms with E-state index in [1.54, 1.807) is 30.3 Å². The molecule has 2 heterocycles. The van der Waals surface area contributed by atoms with Gasteiger partial charge in [-0.25, -0.2) is 0 Å². The molecular weight excluding hydrogens is 292 g/mol. The van der Waals surface area contributed by atoms with Crippen molar-refractivity contribution in [2.75, 3.05) is 13.1 Å². The molecule has 1 unspecified atom stereocenters. The number of nitrogens with zero attached hydrogens (tertiary/aromatic N) is 1. The molecule has 1 aromatic carbocycles. The molecule has 1 aromatic heterocycles. The summed E-state index contributed by atoms with van der Waals surface area (Å²) < 4.78 is 4.94. The Morgan fingerprint density at radius 3 is 2.86 bits per heavy atom. The van der Waals surface area contributed by atoms with Gasteiger partial charge in [-0.1, -0.05) is 29.8 Å². The minimum atomic E-state index is -0.727. The van der Waals surface area contributed by atoms with Crippen LogP contribution in [-0.2, 0) is 4.79 Å². The lowest BCUT2D eigenvalue weighted by molar-refractivity contribution is -0.128. The molecule has 2 aromatic rings. The van der Waals surface area contributed by atoms with Crippen molar-refractivity contribution in [1.82, 2.24) is 10.2 Å². The van der Waals surface area contributed by atoms with Gasteiger partial charge in [-0.3, -0.25) is 9.59 Å². The topological polar surface area (TPSA) is 62.6 Å². The number of furan rings is 1. The summed E-state index contributed by atoms with van der Waals surface area (Å²) in [6, 6.07) is 7.90. The summed E-state index contributed by atoms with van der Waals surface area (Å²) in [5, 5.41) is 3.24. The maximum atomic E-state index is 12.5. The SMILES string of the molecule is O=C1NCCN(C(=O)c2ccoc2)C1c1ccccc1Cl. The first kappa shape index (κ1) is 13.7. The average Bonchev–Trinajstić information content (AvgIpc) is 3.01. The van der Waals surface area contributed by atoms with Crippen LogP contribution in [-0.4, -0.2) is 29.8 Å². The average molecular weight is 305 g/mol. The van der Waals surface area contributed by atoms with E-state index in [0.29, 0.717) is 29.2 Å². The highest BCUT2D eigenvalue weighted by molar-refractivity contribution is 6.31. The second-order valence-corrected chi connectivity index (χ2v) is 5.13. The molecule has 0 saturated carbocycles. The predicted octanol–water partition coefficient (Wildman–Crippen LogP) is 2.25. The molecular formula is C15H13ClN2O3. The summed E-state index contributed by atoms with van der Waals surface area (Å²) in [4.78, 5) is 26.3. The van der Waals surface area contributed by atoms with Gasteiger partial charge in [0.1, 0.15) is 12.3 Å². The van der Waals surface area contributed by atoms with E-state index in [9.17, 15) is 9.59 Å². The monoisotopic (exact) mass is 304 g/mol. The molecule has 1 aliphatic heterocycles. The van der Waals surface area contributed by atoms with Crippen LogP contribution in [0.5, 0.6) is 0 Å². The number of nitrogens with one attached hydrogen (secondary N) is 1. The van der Waals surface area contributed by atoms with Gasteiger partial charge in [0.2, 0.25) is 5.91 Å². The van der Waals surface area contributed by atoms with Crippen LogP contribution in [0.4, 0.5) is 0 Å². The fourth-order valence-corrected chi connectivity index (χ4v) is 2.68. The van der Waals surface area contributed by atoms with E-state index >= 15 is 0 Å². The first-order chi connectivity index (χ1) is 10.2. The molecule has 1 atom stereocenters. The number of piperazine rings is 1. The molecule has 108 valence electrons. The van der Waals surface area contributed by atoms with Gasteiger partial charge in [-0.2, -0.15) is 0 Å². The van der Waals surface area contributed by atoms with Gasteiger partial charge in [0.05, 0.1) is 11.8 Å². The maximum absolute atomic E-state index is 12.5. The molecule has 2 amide bonds. The zero-order valence-electron chi connectivity index (χ0n) is 11.1. The molecule has 0 aliphatic carbocycles. The van der Waals surface area contributed by atoms with E-state index in [0.717, 1.165) is 0 Å². The molecule has 1 fully saturated rings. The van der Waals surface area contributed by atoms with Gasteiger partial charge in [0.25, 0.3) is 5.91 Å². The zero-order chi connectivity index (χ0) is 14.8. The van der Waals surface area contributed by atoms with Crippen molar-refractivity contribution < 1.29 is 14.0 Å². The van der Waals surface area contributed by atoms with Crippen LogP contribution in [0, 0.1) is 0 Å². The van der Waals surface area contributed by atoms with Gasteiger partial charge >= 0.3 is 0 Å². The Kier molecular flexibility index (Phi) is 3.66. The highest BCUT2D eigenvalue weighted by atomic mass is 35.5. The van der Waals surface area contributed by atoms with Crippen molar-refractivity contribution in [3.05, 3.63) is 59.0 Å². The fourth-order valence-electron chi connectivity index (χ4n) is 2.44. The number of amides is 2. The van der Waals surface area contributed by atoms with Crippen LogP contribution < -0.4 is 5.32 Å². The lowest BCUT2D eigenvalue weighted by Gasteiger charge is -2.35. The van der Waals surface area contributed by atoms with Crippen molar-refractivity contribution >= 4 is 23.4 Å². The highest BCUT2D eigenvalue weighted by Crippen LogP contribution is 2.30. The minimum absolute atomic E-state index is 0.230. The third-order valence-electron chi connectivity index (χ3n) is 3.44. The Hall–Kier alpha value is -2.27. The fraction of sp³-hybridized carbons (Fsp3) is 0.200. The maximum Gasteiger partial charge on any atom is 0.258 e. The third kappa shape index (κ3) is 2.52. The summed E-state index contributed by atoms with van der Waals surface area (Å²) in [5.41, 5.74) is 1.04. The van der Waals surface area contributed by atoms with Gasteiger partial charge in [-0.05, 0) is 12.1 Å². The molecule has 6 heteroatoms. The van der Waals surface area contributed by atoms with Crippen LogP contribution in [0.3, 0.4) is 0 Å². The normalized spacial score (nSPS) is 18.4. The van der Waals surface area contributed by atoms with E-state index in [1.165, 1.54) is 17.4 Å². The largest absolute Gasteiger partial charge is 0.472 e. The summed E-state index contributed by atoms with van der Waals surface area (Å²) in [5.74, 6) is -0.477. The molecule has 1 saturated heterocycles. The third-order valence-corrected chi connectivity index (χ3v) is 3.78.